The summed E-state index contributed by atoms with van der Waals surface area (Å²) in [6.45, 7) is 4.94. The molecule has 0 spiro atoms. The summed E-state index contributed by atoms with van der Waals surface area (Å²) < 4.78 is 5.47. The lowest BCUT2D eigenvalue weighted by molar-refractivity contribution is -0.143. The number of carbonyl (C=O) groups excluding carboxylic acids is 2. The van der Waals surface area contributed by atoms with Gasteiger partial charge in [-0.25, -0.2) is 0 Å². The van der Waals surface area contributed by atoms with E-state index in [1.165, 1.54) is 334 Å². The van der Waals surface area contributed by atoms with Crippen LogP contribution < -0.4 is 5.32 Å². The molecule has 0 saturated carbocycles. The molecule has 3 N–H and O–H groups in total. The van der Waals surface area contributed by atoms with Gasteiger partial charge in [0.2, 0.25) is 5.91 Å². The number of carbonyl (C=O) groups is 2. The minimum absolute atomic E-state index is 0.0157. The van der Waals surface area contributed by atoms with Gasteiger partial charge in [-0.2, -0.15) is 0 Å². The van der Waals surface area contributed by atoms with Crippen molar-refractivity contribution in [2.24, 2.45) is 0 Å². The largest absolute Gasteiger partial charge is 0.466 e. The van der Waals surface area contributed by atoms with Crippen LogP contribution in [0.5, 0.6) is 0 Å². The molecule has 0 aromatic carbocycles. The highest BCUT2D eigenvalue weighted by molar-refractivity contribution is 5.76. The number of rotatable bonds is 66. The Bertz CT molecular complexity index is 1140. The predicted molar refractivity (Wildman–Crippen MR) is 333 cm³/mol. The molecule has 0 saturated heterocycles. The van der Waals surface area contributed by atoms with Crippen molar-refractivity contribution in [1.29, 1.82) is 0 Å². The number of unbranched alkanes of at least 4 members (excludes halogenated alkanes) is 55. The molecule has 0 aliphatic carbocycles. The number of nitrogens with one attached hydrogen (secondary N) is 1. The summed E-state index contributed by atoms with van der Waals surface area (Å²) in [5.41, 5.74) is 0. The van der Waals surface area contributed by atoms with Crippen LogP contribution in [0.3, 0.4) is 0 Å². The number of allylic oxidation sites excluding steroid dienone is 1. The summed E-state index contributed by atoms with van der Waals surface area (Å²) in [6, 6.07) is -0.627. The molecule has 0 rings (SSSR count). The summed E-state index contributed by atoms with van der Waals surface area (Å²) in [5, 5.41) is 23.3. The monoisotopic (exact) mass is 1070 g/mol. The van der Waals surface area contributed by atoms with Gasteiger partial charge < -0.3 is 20.3 Å². The number of esters is 1. The molecular formula is C70H137NO5. The van der Waals surface area contributed by atoms with Gasteiger partial charge >= 0.3 is 5.97 Å². The number of hydrogen-bond donors (Lipinski definition) is 3. The van der Waals surface area contributed by atoms with Gasteiger partial charge in [-0.15, -0.1) is 0 Å². The van der Waals surface area contributed by atoms with Crippen molar-refractivity contribution in [2.75, 3.05) is 13.2 Å². The highest BCUT2D eigenvalue weighted by Gasteiger charge is 2.18. The Kier molecular flexibility index (Phi) is 64.9. The molecule has 6 heteroatoms. The minimum Gasteiger partial charge on any atom is -0.466 e. The first-order valence-corrected chi connectivity index (χ1v) is 35.0. The Balaban J connectivity index is 3.40. The van der Waals surface area contributed by atoms with Crippen molar-refractivity contribution < 1.29 is 24.5 Å². The lowest BCUT2D eigenvalue weighted by Gasteiger charge is -2.20. The molecule has 0 aromatic rings. The smallest absolute Gasteiger partial charge is 0.305 e. The van der Waals surface area contributed by atoms with Crippen LogP contribution in [0.4, 0.5) is 0 Å². The SMILES string of the molecule is CCCCCCCCCCCCCCCCCCCCCCCC/C=C/C(O)C(CO)NC(=O)CCCCCCCCCCCCCCCCCCCCCCCCCCOC(=O)CCCCCCCCCCCCC. The van der Waals surface area contributed by atoms with Crippen molar-refractivity contribution in [2.45, 2.75) is 411 Å². The number of amides is 1. The maximum absolute atomic E-state index is 12.5. The molecule has 0 aromatic heterocycles. The van der Waals surface area contributed by atoms with Crippen LogP contribution in [0.25, 0.3) is 0 Å². The molecule has 0 fully saturated rings. The average molecular weight is 1070 g/mol. The third-order valence-corrected chi connectivity index (χ3v) is 16.6. The van der Waals surface area contributed by atoms with Crippen molar-refractivity contribution >= 4 is 11.9 Å². The van der Waals surface area contributed by atoms with Gasteiger partial charge in [0, 0.05) is 12.8 Å². The first-order chi connectivity index (χ1) is 37.5. The fraction of sp³-hybridized carbons (Fsp3) is 0.943. The molecular weight excluding hydrogens is 935 g/mol. The zero-order chi connectivity index (χ0) is 55.0. The summed E-state index contributed by atoms with van der Waals surface area (Å²) >= 11 is 0. The second-order valence-electron chi connectivity index (χ2n) is 24.2. The van der Waals surface area contributed by atoms with Gasteiger partial charge in [0.1, 0.15) is 0 Å². The van der Waals surface area contributed by atoms with Gasteiger partial charge in [0.25, 0.3) is 0 Å². The third-order valence-electron chi connectivity index (χ3n) is 16.6. The zero-order valence-electron chi connectivity index (χ0n) is 51.8. The highest BCUT2D eigenvalue weighted by atomic mass is 16.5. The fourth-order valence-electron chi connectivity index (χ4n) is 11.2. The fourth-order valence-corrected chi connectivity index (χ4v) is 11.2. The van der Waals surface area contributed by atoms with E-state index in [9.17, 15) is 19.8 Å². The lowest BCUT2D eigenvalue weighted by atomic mass is 10.0. The summed E-state index contributed by atoms with van der Waals surface area (Å²) in [4.78, 5) is 24.5. The minimum atomic E-state index is -0.844. The van der Waals surface area contributed by atoms with E-state index in [2.05, 4.69) is 19.2 Å². The van der Waals surface area contributed by atoms with Crippen LogP contribution in [0.15, 0.2) is 12.2 Å². The van der Waals surface area contributed by atoms with Crippen LogP contribution in [0, 0.1) is 0 Å². The maximum Gasteiger partial charge on any atom is 0.305 e. The zero-order valence-corrected chi connectivity index (χ0v) is 51.8. The van der Waals surface area contributed by atoms with E-state index < -0.39 is 12.1 Å². The van der Waals surface area contributed by atoms with Crippen LogP contribution in [-0.2, 0) is 14.3 Å². The predicted octanol–water partition coefficient (Wildman–Crippen LogP) is 22.4. The Morgan fingerprint density at radius 1 is 0.355 bits per heavy atom. The Morgan fingerprint density at radius 2 is 0.605 bits per heavy atom. The molecule has 76 heavy (non-hydrogen) atoms. The lowest BCUT2D eigenvalue weighted by Crippen LogP contribution is -2.45. The van der Waals surface area contributed by atoms with Crippen LogP contribution >= 0.6 is 0 Å². The molecule has 0 aliphatic rings. The molecule has 0 bridgehead atoms. The quantitative estimate of drug-likeness (QED) is 0.0320. The Morgan fingerprint density at radius 3 is 0.895 bits per heavy atom. The number of aliphatic hydroxyl groups excluding tert-OH is 2. The highest BCUT2D eigenvalue weighted by Crippen LogP contribution is 2.19. The van der Waals surface area contributed by atoms with Crippen molar-refractivity contribution in [1.82, 2.24) is 5.32 Å². The number of aliphatic hydroxyl groups is 2. The molecule has 0 radical (unpaired) electrons. The van der Waals surface area contributed by atoms with Gasteiger partial charge in [-0.1, -0.05) is 366 Å². The number of ether oxygens (including phenoxy) is 1. The summed E-state index contributed by atoms with van der Waals surface area (Å²) in [7, 11) is 0. The van der Waals surface area contributed by atoms with E-state index in [-0.39, 0.29) is 18.5 Å². The molecule has 2 atom stereocenters. The number of hydrogen-bond acceptors (Lipinski definition) is 5. The van der Waals surface area contributed by atoms with Crippen LogP contribution in [0.1, 0.15) is 399 Å². The summed E-state index contributed by atoms with van der Waals surface area (Å²) in [6.07, 6.45) is 81.4. The molecule has 452 valence electrons. The molecule has 2 unspecified atom stereocenters. The average Bonchev–Trinajstić information content (AvgIpc) is 3.42. The van der Waals surface area contributed by atoms with Gasteiger partial charge in [-0.3, -0.25) is 9.59 Å². The van der Waals surface area contributed by atoms with Crippen molar-refractivity contribution in [3.8, 4) is 0 Å². The molecule has 1 amide bonds. The maximum atomic E-state index is 12.5. The first-order valence-electron chi connectivity index (χ1n) is 35.0. The standard InChI is InChI=1S/C70H137NO5/c1-3-5-7-9-11-13-15-16-17-18-19-20-21-24-27-30-33-36-39-43-46-50-54-58-62-68(73)67(66-72)71-69(74)63-59-55-51-47-44-40-37-34-31-28-25-22-23-26-29-32-35-38-41-45-49-53-57-61-65-76-70(75)64-60-56-52-48-42-14-12-10-8-6-4-2/h58,62,67-68,72-73H,3-57,59-61,63-66H2,1-2H3,(H,71,74)/b62-58+. The van der Waals surface area contributed by atoms with Crippen LogP contribution in [-0.4, -0.2) is 47.4 Å². The van der Waals surface area contributed by atoms with E-state index in [1.54, 1.807) is 6.08 Å². The molecule has 6 nitrogen and oxygen atoms in total. The van der Waals surface area contributed by atoms with Gasteiger partial charge in [0.05, 0.1) is 25.4 Å². The Labute approximate surface area is 476 Å². The van der Waals surface area contributed by atoms with Crippen molar-refractivity contribution in [3.63, 3.8) is 0 Å². The topological polar surface area (TPSA) is 95.9 Å². The third kappa shape index (κ3) is 61.8. The Hall–Kier alpha value is -1.40. The van der Waals surface area contributed by atoms with Gasteiger partial charge in [-0.05, 0) is 32.1 Å². The van der Waals surface area contributed by atoms with Gasteiger partial charge in [0.15, 0.2) is 0 Å². The normalized spacial score (nSPS) is 12.5. The molecule has 0 heterocycles. The van der Waals surface area contributed by atoms with E-state index in [0.717, 1.165) is 38.5 Å². The second kappa shape index (κ2) is 66.1. The summed E-state index contributed by atoms with van der Waals surface area (Å²) in [5.74, 6) is -0.0461. The second-order valence-corrected chi connectivity index (χ2v) is 24.2. The van der Waals surface area contributed by atoms with Crippen molar-refractivity contribution in [3.05, 3.63) is 12.2 Å². The van der Waals surface area contributed by atoms with Crippen LogP contribution in [0.2, 0.25) is 0 Å². The molecule has 0 aliphatic heterocycles. The van der Waals surface area contributed by atoms with E-state index >= 15 is 0 Å². The first kappa shape index (κ1) is 74.6. The van der Waals surface area contributed by atoms with E-state index in [0.29, 0.717) is 19.4 Å². The van der Waals surface area contributed by atoms with E-state index in [1.807, 2.05) is 6.08 Å². The van der Waals surface area contributed by atoms with E-state index in [4.69, 9.17) is 4.74 Å².